The van der Waals surface area contributed by atoms with Gasteiger partial charge in [0.1, 0.15) is 5.75 Å². The van der Waals surface area contributed by atoms with E-state index in [0.29, 0.717) is 31.0 Å². The molecule has 0 bridgehead atoms. The monoisotopic (exact) mass is 290 g/mol. The number of alkyl halides is 3. The minimum Gasteiger partial charge on any atom is -0.494 e. The third kappa shape index (κ3) is 6.65. The van der Waals surface area contributed by atoms with Gasteiger partial charge in [0.15, 0.2) is 0 Å². The molecule has 0 amide bonds. The number of nitrogens with two attached hydrogens (primary N) is 1. The molecule has 3 nitrogen and oxygen atoms in total. The van der Waals surface area contributed by atoms with E-state index < -0.39 is 12.7 Å². The first-order valence-electron chi connectivity index (χ1n) is 6.57. The van der Waals surface area contributed by atoms with Gasteiger partial charge >= 0.3 is 6.18 Å². The van der Waals surface area contributed by atoms with E-state index in [2.05, 4.69) is 0 Å². The van der Waals surface area contributed by atoms with Crippen LogP contribution in [0.4, 0.5) is 18.9 Å². The van der Waals surface area contributed by atoms with Gasteiger partial charge in [-0.25, -0.2) is 0 Å². The standard InChI is InChI=1S/C14H21F3N2O/c1-11(2)19(10-14(15,16)17)8-3-9-20-13-6-4-12(18)5-7-13/h4-7,11H,3,8-10,18H2,1-2H3. The summed E-state index contributed by atoms with van der Waals surface area (Å²) in [5.41, 5.74) is 6.19. The Balaban J connectivity index is 2.32. The Hall–Kier alpha value is -1.43. The molecule has 0 saturated heterocycles. The van der Waals surface area contributed by atoms with E-state index in [-0.39, 0.29) is 6.04 Å². The van der Waals surface area contributed by atoms with Crippen molar-refractivity contribution in [2.45, 2.75) is 32.5 Å². The number of ether oxygens (including phenoxy) is 1. The Morgan fingerprint density at radius 2 is 1.80 bits per heavy atom. The Bertz CT molecular complexity index is 390. The number of hydrogen-bond acceptors (Lipinski definition) is 3. The molecule has 0 aliphatic rings. The lowest BCUT2D eigenvalue weighted by Gasteiger charge is -2.27. The lowest BCUT2D eigenvalue weighted by atomic mass is 10.3. The van der Waals surface area contributed by atoms with Crippen LogP contribution in [0.1, 0.15) is 20.3 Å². The zero-order valence-electron chi connectivity index (χ0n) is 11.8. The molecule has 0 radical (unpaired) electrons. The molecular weight excluding hydrogens is 269 g/mol. The van der Waals surface area contributed by atoms with E-state index in [0.717, 1.165) is 0 Å². The highest BCUT2D eigenvalue weighted by atomic mass is 19.4. The molecule has 1 rings (SSSR count). The van der Waals surface area contributed by atoms with Crippen LogP contribution in [0.25, 0.3) is 0 Å². The Morgan fingerprint density at radius 1 is 1.20 bits per heavy atom. The van der Waals surface area contributed by atoms with E-state index in [1.807, 2.05) is 0 Å². The van der Waals surface area contributed by atoms with E-state index in [1.54, 1.807) is 38.1 Å². The van der Waals surface area contributed by atoms with E-state index in [4.69, 9.17) is 10.5 Å². The van der Waals surface area contributed by atoms with Crippen molar-refractivity contribution in [3.63, 3.8) is 0 Å². The number of hydrogen-bond donors (Lipinski definition) is 1. The van der Waals surface area contributed by atoms with Gasteiger partial charge in [-0.05, 0) is 44.5 Å². The van der Waals surface area contributed by atoms with Crippen molar-refractivity contribution in [3.8, 4) is 5.75 Å². The minimum atomic E-state index is -4.16. The zero-order chi connectivity index (χ0) is 15.2. The summed E-state index contributed by atoms with van der Waals surface area (Å²) >= 11 is 0. The molecule has 6 heteroatoms. The molecule has 0 atom stereocenters. The van der Waals surface area contributed by atoms with Crippen molar-refractivity contribution in [2.75, 3.05) is 25.4 Å². The number of benzene rings is 1. The van der Waals surface area contributed by atoms with Crippen LogP contribution in [-0.4, -0.2) is 36.8 Å². The SMILES string of the molecule is CC(C)N(CCCOc1ccc(N)cc1)CC(F)(F)F. The summed E-state index contributed by atoms with van der Waals surface area (Å²) in [5.74, 6) is 0.672. The first kappa shape index (κ1) is 16.6. The highest BCUT2D eigenvalue weighted by Crippen LogP contribution is 2.18. The lowest BCUT2D eigenvalue weighted by molar-refractivity contribution is -0.149. The highest BCUT2D eigenvalue weighted by molar-refractivity contribution is 5.41. The fourth-order valence-corrected chi connectivity index (χ4v) is 1.77. The second kappa shape index (κ2) is 7.38. The van der Waals surface area contributed by atoms with Crippen LogP contribution in [0.5, 0.6) is 5.75 Å². The van der Waals surface area contributed by atoms with Crippen molar-refractivity contribution < 1.29 is 17.9 Å². The summed E-state index contributed by atoms with van der Waals surface area (Å²) in [6.45, 7) is 3.36. The van der Waals surface area contributed by atoms with Crippen molar-refractivity contribution in [1.29, 1.82) is 0 Å². The van der Waals surface area contributed by atoms with Crippen LogP contribution in [0.3, 0.4) is 0 Å². The third-order valence-corrected chi connectivity index (χ3v) is 2.85. The molecule has 0 unspecified atom stereocenters. The number of rotatable bonds is 7. The number of anilines is 1. The van der Waals surface area contributed by atoms with Gasteiger partial charge in [-0.2, -0.15) is 13.2 Å². The van der Waals surface area contributed by atoms with Crippen molar-refractivity contribution in [1.82, 2.24) is 4.90 Å². The van der Waals surface area contributed by atoms with Crippen molar-refractivity contribution in [2.24, 2.45) is 0 Å². The van der Waals surface area contributed by atoms with Crippen molar-refractivity contribution in [3.05, 3.63) is 24.3 Å². The second-order valence-electron chi connectivity index (χ2n) is 4.95. The maximum Gasteiger partial charge on any atom is 0.401 e. The summed E-state index contributed by atoms with van der Waals surface area (Å²) in [6, 6.07) is 6.78. The molecule has 1 aromatic rings. The first-order chi connectivity index (χ1) is 9.28. The summed E-state index contributed by atoms with van der Waals surface area (Å²) < 4.78 is 42.6. The number of nitrogen functional groups attached to an aromatic ring is 1. The first-order valence-corrected chi connectivity index (χ1v) is 6.57. The van der Waals surface area contributed by atoms with E-state index >= 15 is 0 Å². The van der Waals surface area contributed by atoms with Crippen LogP contribution in [-0.2, 0) is 0 Å². The van der Waals surface area contributed by atoms with Gasteiger partial charge in [-0.15, -0.1) is 0 Å². The molecule has 0 aliphatic heterocycles. The van der Waals surface area contributed by atoms with Crippen LogP contribution in [0, 0.1) is 0 Å². The lowest BCUT2D eigenvalue weighted by Crippen LogP contribution is -2.40. The predicted molar refractivity (Wildman–Crippen MR) is 73.7 cm³/mol. The van der Waals surface area contributed by atoms with Crippen LogP contribution >= 0.6 is 0 Å². The summed E-state index contributed by atoms with van der Waals surface area (Å²) in [5, 5.41) is 0. The molecular formula is C14H21F3N2O. The second-order valence-corrected chi connectivity index (χ2v) is 4.95. The smallest absolute Gasteiger partial charge is 0.401 e. The maximum atomic E-state index is 12.4. The zero-order valence-corrected chi connectivity index (χ0v) is 11.8. The van der Waals surface area contributed by atoms with Gasteiger partial charge < -0.3 is 10.5 Å². The maximum absolute atomic E-state index is 12.4. The van der Waals surface area contributed by atoms with Crippen molar-refractivity contribution >= 4 is 5.69 Å². The largest absolute Gasteiger partial charge is 0.494 e. The van der Waals surface area contributed by atoms with Gasteiger partial charge in [0, 0.05) is 18.3 Å². The molecule has 0 fully saturated rings. The van der Waals surface area contributed by atoms with Gasteiger partial charge in [0.2, 0.25) is 0 Å². The topological polar surface area (TPSA) is 38.5 Å². The fourth-order valence-electron chi connectivity index (χ4n) is 1.77. The minimum absolute atomic E-state index is 0.145. The Labute approximate surface area is 117 Å². The van der Waals surface area contributed by atoms with Gasteiger partial charge in [-0.3, -0.25) is 4.90 Å². The molecule has 0 saturated carbocycles. The molecule has 0 aromatic heterocycles. The molecule has 114 valence electrons. The molecule has 1 aromatic carbocycles. The van der Waals surface area contributed by atoms with Gasteiger partial charge in [0.25, 0.3) is 0 Å². The van der Waals surface area contributed by atoms with Crippen LogP contribution < -0.4 is 10.5 Å². The average Bonchev–Trinajstić information content (AvgIpc) is 2.33. The van der Waals surface area contributed by atoms with Gasteiger partial charge in [0.05, 0.1) is 13.2 Å². The highest BCUT2D eigenvalue weighted by Gasteiger charge is 2.31. The summed E-state index contributed by atoms with van der Waals surface area (Å²) in [4.78, 5) is 1.40. The Morgan fingerprint density at radius 3 is 2.30 bits per heavy atom. The molecule has 0 heterocycles. The average molecular weight is 290 g/mol. The molecule has 0 spiro atoms. The Kier molecular flexibility index (Phi) is 6.13. The normalized spacial score (nSPS) is 12.2. The van der Waals surface area contributed by atoms with Gasteiger partial charge in [-0.1, -0.05) is 0 Å². The fraction of sp³-hybridized carbons (Fsp3) is 0.571. The van der Waals surface area contributed by atoms with Crippen LogP contribution in [0.15, 0.2) is 24.3 Å². The van der Waals surface area contributed by atoms with E-state index in [9.17, 15) is 13.2 Å². The number of nitrogens with zero attached hydrogens (tertiary/aromatic N) is 1. The third-order valence-electron chi connectivity index (χ3n) is 2.85. The molecule has 0 aliphatic carbocycles. The van der Waals surface area contributed by atoms with E-state index in [1.165, 1.54) is 4.90 Å². The number of halogens is 3. The molecule has 20 heavy (non-hydrogen) atoms. The quantitative estimate of drug-likeness (QED) is 0.618. The molecule has 2 N–H and O–H groups in total. The summed E-state index contributed by atoms with van der Waals surface area (Å²) in [6.07, 6.45) is -3.62. The predicted octanol–water partition coefficient (Wildman–Crippen LogP) is 3.31. The van der Waals surface area contributed by atoms with Crippen LogP contribution in [0.2, 0.25) is 0 Å². The summed E-state index contributed by atoms with van der Waals surface area (Å²) in [7, 11) is 0.